The Morgan fingerprint density at radius 1 is 1.20 bits per heavy atom. The molecule has 5 nitrogen and oxygen atoms in total. The van der Waals surface area contributed by atoms with Crippen molar-refractivity contribution < 1.29 is 24.5 Å². The smallest absolute Gasteiger partial charge is 0.334 e. The van der Waals surface area contributed by atoms with E-state index in [1.54, 1.807) is 13.8 Å². The van der Waals surface area contributed by atoms with Gasteiger partial charge in [0.05, 0.1) is 5.60 Å². The summed E-state index contributed by atoms with van der Waals surface area (Å²) in [7, 11) is 0. The van der Waals surface area contributed by atoms with Crippen LogP contribution < -0.4 is 0 Å². The van der Waals surface area contributed by atoms with Gasteiger partial charge in [0, 0.05) is 29.4 Å². The Morgan fingerprint density at radius 3 is 2.56 bits per heavy atom. The van der Waals surface area contributed by atoms with Crippen molar-refractivity contribution in [3.05, 3.63) is 34.4 Å². The Morgan fingerprint density at radius 2 is 1.88 bits per heavy atom. The Hall–Kier alpha value is -1.72. The Labute approximate surface area is 147 Å². The van der Waals surface area contributed by atoms with Crippen LogP contribution in [0.2, 0.25) is 0 Å². The van der Waals surface area contributed by atoms with E-state index in [2.05, 4.69) is 6.58 Å². The van der Waals surface area contributed by atoms with E-state index in [4.69, 9.17) is 4.74 Å². The number of ether oxygens (including phenoxy) is 1. The van der Waals surface area contributed by atoms with Crippen molar-refractivity contribution in [2.75, 3.05) is 0 Å². The van der Waals surface area contributed by atoms with Crippen LogP contribution in [0.1, 0.15) is 46.5 Å². The van der Waals surface area contributed by atoms with Crippen LogP contribution in [0.25, 0.3) is 0 Å². The minimum Gasteiger partial charge on any atom is -0.454 e. The number of allylic oxidation sites excluding steroid dienone is 1. The number of fused-ring (bicyclic) bond motifs is 4. The molecule has 0 aromatic carbocycles. The summed E-state index contributed by atoms with van der Waals surface area (Å²) in [5.74, 6) is -1.40. The van der Waals surface area contributed by atoms with Gasteiger partial charge in [0.15, 0.2) is 5.78 Å². The van der Waals surface area contributed by atoms with Crippen LogP contribution in [-0.2, 0) is 14.3 Å². The van der Waals surface area contributed by atoms with Crippen molar-refractivity contribution in [3.63, 3.8) is 0 Å². The molecule has 0 aromatic heterocycles. The van der Waals surface area contributed by atoms with Crippen LogP contribution in [0.5, 0.6) is 0 Å². The van der Waals surface area contributed by atoms with Gasteiger partial charge in [-0.05, 0) is 45.6 Å². The number of esters is 1. The number of rotatable bonds is 0. The highest BCUT2D eigenvalue weighted by Crippen LogP contribution is 2.57. The molecule has 2 N–H and O–H groups in total. The van der Waals surface area contributed by atoms with E-state index < -0.39 is 17.1 Å². The lowest BCUT2D eigenvalue weighted by atomic mass is 9.62. The predicted molar refractivity (Wildman–Crippen MR) is 90.4 cm³/mol. The average Bonchev–Trinajstić information content (AvgIpc) is 2.81. The molecule has 0 spiro atoms. The number of hydrogen-bond acceptors (Lipinski definition) is 5. The Balaban J connectivity index is 1.94. The van der Waals surface area contributed by atoms with Gasteiger partial charge >= 0.3 is 5.97 Å². The summed E-state index contributed by atoms with van der Waals surface area (Å²) in [5, 5.41) is 21.8. The quantitative estimate of drug-likeness (QED) is 0.519. The maximum absolute atomic E-state index is 12.9. The van der Waals surface area contributed by atoms with Crippen LogP contribution in [-0.4, -0.2) is 39.3 Å². The zero-order valence-corrected chi connectivity index (χ0v) is 14.9. The summed E-state index contributed by atoms with van der Waals surface area (Å²) in [5.41, 5.74) is 1.10. The summed E-state index contributed by atoms with van der Waals surface area (Å²) < 4.78 is 5.51. The maximum Gasteiger partial charge on any atom is 0.334 e. The summed E-state index contributed by atoms with van der Waals surface area (Å²) >= 11 is 0. The normalized spacial score (nSPS) is 43.7. The Kier molecular flexibility index (Phi) is 3.29. The zero-order valence-electron chi connectivity index (χ0n) is 14.9. The molecule has 0 saturated heterocycles. The topological polar surface area (TPSA) is 83.8 Å². The van der Waals surface area contributed by atoms with Crippen molar-refractivity contribution in [2.45, 2.75) is 63.8 Å². The lowest BCUT2D eigenvalue weighted by molar-refractivity contribution is -0.140. The van der Waals surface area contributed by atoms with Crippen molar-refractivity contribution in [3.8, 4) is 0 Å². The van der Waals surface area contributed by atoms with Gasteiger partial charge in [-0.3, -0.25) is 4.79 Å². The third-order valence-electron chi connectivity index (χ3n) is 6.40. The molecule has 4 aliphatic rings. The van der Waals surface area contributed by atoms with Crippen LogP contribution in [0, 0.1) is 11.8 Å². The number of aliphatic hydroxyl groups is 2. The van der Waals surface area contributed by atoms with Crippen molar-refractivity contribution in [1.29, 1.82) is 0 Å². The largest absolute Gasteiger partial charge is 0.454 e. The standard InChI is InChI=1S/C20H24O5/c1-9-5-6-12-14(10(2)18(22)25-12)16-13(9)15-11(7-19(16,3)23)8-20(4,24)17(15)21/h12-13,16,23-24H,1,5-8H2,2-4H3/t12-,13-,16-,19+,20+/m1/s1. The molecule has 0 bridgehead atoms. The van der Waals surface area contributed by atoms with E-state index in [1.807, 2.05) is 0 Å². The van der Waals surface area contributed by atoms with Gasteiger partial charge in [-0.2, -0.15) is 0 Å². The lowest BCUT2D eigenvalue weighted by Gasteiger charge is -2.44. The van der Waals surface area contributed by atoms with Gasteiger partial charge < -0.3 is 14.9 Å². The third kappa shape index (κ3) is 2.15. The summed E-state index contributed by atoms with van der Waals surface area (Å²) in [6, 6.07) is 0. The Bertz CT molecular complexity index is 780. The summed E-state index contributed by atoms with van der Waals surface area (Å²) in [6.07, 6.45) is 1.46. The van der Waals surface area contributed by atoms with E-state index in [-0.39, 0.29) is 30.2 Å². The summed E-state index contributed by atoms with van der Waals surface area (Å²) in [4.78, 5) is 25.0. The molecular weight excluding hydrogens is 320 g/mol. The first-order valence-electron chi connectivity index (χ1n) is 8.85. The number of hydrogen-bond donors (Lipinski definition) is 2. The van der Waals surface area contributed by atoms with Gasteiger partial charge in [-0.15, -0.1) is 0 Å². The number of carbonyl (C=O) groups is 2. The molecule has 134 valence electrons. The molecule has 1 saturated carbocycles. The SMILES string of the molecule is C=C1CC[C@H]2OC(=O)C(C)=C2[C@H]2[C@H]1C1=C(C[C@](C)(O)C1=O)C[C@]2(C)O. The van der Waals surface area contributed by atoms with Crippen LogP contribution in [0.3, 0.4) is 0 Å². The molecule has 0 radical (unpaired) electrons. The molecule has 0 amide bonds. The molecule has 3 aliphatic carbocycles. The molecule has 0 unspecified atom stereocenters. The second-order valence-corrected chi connectivity index (χ2v) is 8.46. The zero-order chi connectivity index (χ0) is 18.3. The van der Waals surface area contributed by atoms with E-state index in [0.717, 1.165) is 16.7 Å². The van der Waals surface area contributed by atoms with Crippen LogP contribution in [0.15, 0.2) is 34.4 Å². The van der Waals surface area contributed by atoms with Crippen LogP contribution in [0.4, 0.5) is 0 Å². The second kappa shape index (κ2) is 4.92. The van der Waals surface area contributed by atoms with E-state index >= 15 is 0 Å². The second-order valence-electron chi connectivity index (χ2n) is 8.46. The van der Waals surface area contributed by atoms with Gasteiger partial charge in [-0.1, -0.05) is 17.7 Å². The van der Waals surface area contributed by atoms with Crippen molar-refractivity contribution in [2.24, 2.45) is 11.8 Å². The fraction of sp³-hybridized carbons (Fsp3) is 0.600. The fourth-order valence-corrected chi connectivity index (χ4v) is 5.34. The maximum atomic E-state index is 12.9. The highest BCUT2D eigenvalue weighted by atomic mass is 16.5. The highest BCUT2D eigenvalue weighted by Gasteiger charge is 2.58. The first-order valence-corrected chi connectivity index (χ1v) is 8.85. The number of ketones is 1. The molecule has 4 rings (SSSR count). The lowest BCUT2D eigenvalue weighted by Crippen LogP contribution is -2.46. The van der Waals surface area contributed by atoms with E-state index in [9.17, 15) is 19.8 Å². The minimum atomic E-state index is -1.42. The summed E-state index contributed by atoms with van der Waals surface area (Å²) in [6.45, 7) is 9.22. The van der Waals surface area contributed by atoms with Gasteiger partial charge in [0.1, 0.15) is 11.7 Å². The molecule has 5 atom stereocenters. The van der Waals surface area contributed by atoms with E-state index in [0.29, 0.717) is 30.4 Å². The molecule has 0 aromatic rings. The van der Waals surface area contributed by atoms with Crippen LogP contribution >= 0.6 is 0 Å². The first kappa shape index (κ1) is 16.7. The third-order valence-corrected chi connectivity index (χ3v) is 6.40. The first-order chi connectivity index (χ1) is 11.5. The number of Topliss-reactive ketones (excluding diaryl/α,β-unsaturated/α-hetero) is 1. The average molecular weight is 344 g/mol. The molecule has 1 heterocycles. The molecule has 1 aliphatic heterocycles. The number of carbonyl (C=O) groups excluding carboxylic acids is 2. The van der Waals surface area contributed by atoms with Crippen molar-refractivity contribution >= 4 is 11.8 Å². The minimum absolute atomic E-state index is 0.255. The molecule has 1 fully saturated rings. The molecular formula is C20H24O5. The fourth-order valence-electron chi connectivity index (χ4n) is 5.34. The van der Waals surface area contributed by atoms with Crippen molar-refractivity contribution in [1.82, 2.24) is 0 Å². The van der Waals surface area contributed by atoms with Gasteiger partial charge in [0.25, 0.3) is 0 Å². The van der Waals surface area contributed by atoms with Gasteiger partial charge in [0.2, 0.25) is 0 Å². The predicted octanol–water partition coefficient (Wildman–Crippen LogP) is 1.99. The van der Waals surface area contributed by atoms with Gasteiger partial charge in [-0.25, -0.2) is 4.79 Å². The molecule has 25 heavy (non-hydrogen) atoms. The highest BCUT2D eigenvalue weighted by molar-refractivity contribution is 6.06. The monoisotopic (exact) mass is 344 g/mol. The molecule has 5 heteroatoms. The van der Waals surface area contributed by atoms with E-state index in [1.165, 1.54) is 6.92 Å².